The maximum Gasteiger partial charge on any atom is 0.0968 e. The third-order valence-electron chi connectivity index (χ3n) is 1.94. The fourth-order valence-electron chi connectivity index (χ4n) is 0.833. The zero-order valence-electron chi connectivity index (χ0n) is 8.28. The Labute approximate surface area is 78.9 Å². The summed E-state index contributed by atoms with van der Waals surface area (Å²) in [6, 6.07) is 9.62. The first kappa shape index (κ1) is 9.93. The highest BCUT2D eigenvalue weighted by Gasteiger charge is 2.16. The van der Waals surface area contributed by atoms with Crippen LogP contribution in [0.15, 0.2) is 35.3 Å². The van der Waals surface area contributed by atoms with Crippen LogP contribution in [0.5, 0.6) is 0 Å². The molecule has 0 aliphatic rings. The minimum Gasteiger partial charge on any atom is -0.385 e. The lowest BCUT2D eigenvalue weighted by atomic mass is 10.0. The van der Waals surface area contributed by atoms with E-state index >= 15 is 0 Å². The van der Waals surface area contributed by atoms with Gasteiger partial charge in [-0.3, -0.25) is 4.99 Å². The number of hydrogen-bond donors (Lipinski definition) is 1. The Hall–Kier alpha value is -1.15. The maximum atomic E-state index is 9.62. The predicted octanol–water partition coefficient (Wildman–Crippen LogP) is 2.55. The van der Waals surface area contributed by atoms with E-state index in [-0.39, 0.29) is 0 Å². The molecule has 1 N–H and O–H groups in total. The van der Waals surface area contributed by atoms with Crippen molar-refractivity contribution >= 4 is 11.4 Å². The SMILES string of the molecule is CC(=Nc1ccccc1)C(C)(C)O. The van der Waals surface area contributed by atoms with Crippen LogP contribution in [-0.4, -0.2) is 16.4 Å². The second-order valence-electron chi connectivity index (χ2n) is 3.59. The van der Waals surface area contributed by atoms with Crippen LogP contribution in [-0.2, 0) is 0 Å². The van der Waals surface area contributed by atoms with E-state index in [9.17, 15) is 5.11 Å². The maximum absolute atomic E-state index is 9.62. The monoisotopic (exact) mass is 177 g/mol. The standard InChI is InChI=1S/C11H15NO/c1-9(11(2,3)13)12-10-7-5-4-6-8-10/h4-8,13H,1-3H3. The van der Waals surface area contributed by atoms with Crippen LogP contribution in [0, 0.1) is 0 Å². The first-order chi connectivity index (χ1) is 6.00. The molecule has 0 heterocycles. The molecule has 0 unspecified atom stereocenters. The van der Waals surface area contributed by atoms with Gasteiger partial charge in [-0.15, -0.1) is 0 Å². The van der Waals surface area contributed by atoms with Crippen molar-refractivity contribution in [3.05, 3.63) is 30.3 Å². The van der Waals surface area contributed by atoms with Crippen LogP contribution in [0.3, 0.4) is 0 Å². The normalized spacial score (nSPS) is 13.1. The minimum atomic E-state index is -0.837. The molecule has 0 amide bonds. The Morgan fingerprint density at radius 2 is 1.77 bits per heavy atom. The molecule has 0 aliphatic heterocycles. The van der Waals surface area contributed by atoms with Gasteiger partial charge < -0.3 is 5.11 Å². The van der Waals surface area contributed by atoms with E-state index in [2.05, 4.69) is 4.99 Å². The molecule has 2 nitrogen and oxygen atoms in total. The van der Waals surface area contributed by atoms with Crippen molar-refractivity contribution in [2.45, 2.75) is 26.4 Å². The average molecular weight is 177 g/mol. The molecule has 1 aromatic rings. The number of hydrogen-bond acceptors (Lipinski definition) is 2. The highest BCUT2D eigenvalue weighted by molar-refractivity contribution is 5.91. The van der Waals surface area contributed by atoms with Crippen molar-refractivity contribution in [1.29, 1.82) is 0 Å². The van der Waals surface area contributed by atoms with E-state index in [0.717, 1.165) is 11.4 Å². The second kappa shape index (κ2) is 3.71. The van der Waals surface area contributed by atoms with Crippen molar-refractivity contribution in [3.8, 4) is 0 Å². The molecule has 0 aliphatic carbocycles. The van der Waals surface area contributed by atoms with Gasteiger partial charge in [-0.1, -0.05) is 18.2 Å². The summed E-state index contributed by atoms with van der Waals surface area (Å²) >= 11 is 0. The van der Waals surface area contributed by atoms with Gasteiger partial charge in [0.05, 0.1) is 11.3 Å². The summed E-state index contributed by atoms with van der Waals surface area (Å²) < 4.78 is 0. The van der Waals surface area contributed by atoms with Gasteiger partial charge in [-0.25, -0.2) is 0 Å². The molecule has 13 heavy (non-hydrogen) atoms. The topological polar surface area (TPSA) is 32.6 Å². The molecule has 0 saturated carbocycles. The van der Waals surface area contributed by atoms with Crippen molar-refractivity contribution < 1.29 is 5.11 Å². The van der Waals surface area contributed by atoms with E-state index in [1.807, 2.05) is 37.3 Å². The zero-order chi connectivity index (χ0) is 9.90. The number of benzene rings is 1. The lowest BCUT2D eigenvalue weighted by Crippen LogP contribution is -2.28. The van der Waals surface area contributed by atoms with Gasteiger partial charge in [0.1, 0.15) is 0 Å². The molecule has 0 saturated heterocycles. The lowest BCUT2D eigenvalue weighted by molar-refractivity contribution is 0.153. The van der Waals surface area contributed by atoms with Crippen molar-refractivity contribution in [2.75, 3.05) is 0 Å². The van der Waals surface area contributed by atoms with Crippen LogP contribution in [0.25, 0.3) is 0 Å². The lowest BCUT2D eigenvalue weighted by Gasteiger charge is -2.16. The smallest absolute Gasteiger partial charge is 0.0968 e. The summed E-state index contributed by atoms with van der Waals surface area (Å²) in [6.45, 7) is 5.29. The van der Waals surface area contributed by atoms with Crippen LogP contribution >= 0.6 is 0 Å². The average Bonchev–Trinajstić information content (AvgIpc) is 2.04. The molecule has 0 fully saturated rings. The fraction of sp³-hybridized carbons (Fsp3) is 0.364. The number of para-hydroxylation sites is 1. The van der Waals surface area contributed by atoms with Crippen LogP contribution in [0.4, 0.5) is 5.69 Å². The van der Waals surface area contributed by atoms with Crippen molar-refractivity contribution in [2.24, 2.45) is 4.99 Å². The number of aliphatic imine (C=N–C) groups is 1. The summed E-state index contributed by atoms with van der Waals surface area (Å²) in [5, 5.41) is 9.62. The van der Waals surface area contributed by atoms with E-state index in [1.54, 1.807) is 13.8 Å². The molecular weight excluding hydrogens is 162 g/mol. The molecule has 0 aromatic heterocycles. The predicted molar refractivity (Wildman–Crippen MR) is 55.5 cm³/mol. The largest absolute Gasteiger partial charge is 0.385 e. The number of aliphatic hydroxyl groups is 1. The van der Waals surface area contributed by atoms with E-state index in [4.69, 9.17) is 0 Å². The van der Waals surface area contributed by atoms with Gasteiger partial charge in [0.15, 0.2) is 0 Å². The summed E-state index contributed by atoms with van der Waals surface area (Å²) in [5.41, 5.74) is 0.761. The molecule has 0 bridgehead atoms. The van der Waals surface area contributed by atoms with Gasteiger partial charge in [-0.05, 0) is 32.9 Å². The quantitative estimate of drug-likeness (QED) is 0.692. The van der Waals surface area contributed by atoms with Gasteiger partial charge in [0, 0.05) is 5.71 Å². The Morgan fingerprint density at radius 1 is 1.23 bits per heavy atom. The molecule has 70 valence electrons. The van der Waals surface area contributed by atoms with E-state index in [0.29, 0.717) is 0 Å². The summed E-state index contributed by atoms with van der Waals surface area (Å²) in [4.78, 5) is 4.30. The summed E-state index contributed by atoms with van der Waals surface area (Å²) in [5.74, 6) is 0. The van der Waals surface area contributed by atoms with Gasteiger partial charge >= 0.3 is 0 Å². The molecule has 1 aromatic carbocycles. The molecule has 0 atom stereocenters. The molecular formula is C11H15NO. The first-order valence-corrected chi connectivity index (χ1v) is 4.33. The molecule has 2 heteroatoms. The fourth-order valence-corrected chi connectivity index (χ4v) is 0.833. The zero-order valence-corrected chi connectivity index (χ0v) is 8.28. The van der Waals surface area contributed by atoms with Crippen molar-refractivity contribution in [1.82, 2.24) is 0 Å². The number of nitrogens with zero attached hydrogens (tertiary/aromatic N) is 1. The van der Waals surface area contributed by atoms with E-state index in [1.165, 1.54) is 0 Å². The summed E-state index contributed by atoms with van der Waals surface area (Å²) in [6.07, 6.45) is 0. The Bertz CT molecular complexity index is 296. The highest BCUT2D eigenvalue weighted by Crippen LogP contribution is 2.14. The Kier molecular flexibility index (Phi) is 2.83. The van der Waals surface area contributed by atoms with Crippen LogP contribution < -0.4 is 0 Å². The molecule has 1 rings (SSSR count). The molecule has 0 spiro atoms. The van der Waals surface area contributed by atoms with Gasteiger partial charge in [-0.2, -0.15) is 0 Å². The Morgan fingerprint density at radius 3 is 2.23 bits per heavy atom. The van der Waals surface area contributed by atoms with Crippen LogP contribution in [0.2, 0.25) is 0 Å². The third-order valence-corrected chi connectivity index (χ3v) is 1.94. The van der Waals surface area contributed by atoms with Crippen LogP contribution in [0.1, 0.15) is 20.8 Å². The first-order valence-electron chi connectivity index (χ1n) is 4.33. The summed E-state index contributed by atoms with van der Waals surface area (Å²) in [7, 11) is 0. The Balaban J connectivity index is 2.90. The minimum absolute atomic E-state index is 0.721. The van der Waals surface area contributed by atoms with Gasteiger partial charge in [0.2, 0.25) is 0 Å². The number of rotatable bonds is 2. The van der Waals surface area contributed by atoms with Gasteiger partial charge in [0.25, 0.3) is 0 Å². The van der Waals surface area contributed by atoms with Crippen molar-refractivity contribution in [3.63, 3.8) is 0 Å². The molecule has 0 radical (unpaired) electrons. The second-order valence-corrected chi connectivity index (χ2v) is 3.59. The third kappa shape index (κ3) is 2.99. The van der Waals surface area contributed by atoms with E-state index < -0.39 is 5.60 Å². The highest BCUT2D eigenvalue weighted by atomic mass is 16.3.